The second-order valence-electron chi connectivity index (χ2n) is 10.1. The van der Waals surface area contributed by atoms with Gasteiger partial charge < -0.3 is 14.8 Å². The number of aromatic amines is 1. The molecule has 0 radical (unpaired) electrons. The zero-order valence-electron chi connectivity index (χ0n) is 19.4. The van der Waals surface area contributed by atoms with Gasteiger partial charge in [-0.3, -0.25) is 14.4 Å². The number of nitrogens with one attached hydrogen (secondary N) is 1. The third-order valence-electron chi connectivity index (χ3n) is 6.41. The molecule has 4 rings (SSSR count). The molecule has 32 heavy (non-hydrogen) atoms. The summed E-state index contributed by atoms with van der Waals surface area (Å²) in [6, 6.07) is 7.49. The minimum Gasteiger partial charge on any atom is -0.342 e. The van der Waals surface area contributed by atoms with E-state index in [9.17, 15) is 14.4 Å². The quantitative estimate of drug-likeness (QED) is 0.784. The van der Waals surface area contributed by atoms with E-state index >= 15 is 0 Å². The molecule has 1 N–H and O–H groups in total. The maximum atomic E-state index is 12.9. The van der Waals surface area contributed by atoms with Crippen molar-refractivity contribution in [3.63, 3.8) is 0 Å². The average Bonchev–Trinajstić information content (AvgIpc) is 2.78. The molecule has 2 amide bonds. The van der Waals surface area contributed by atoms with E-state index in [1.165, 1.54) is 0 Å². The minimum absolute atomic E-state index is 0.0280. The number of amides is 2. The summed E-state index contributed by atoms with van der Waals surface area (Å²) in [7, 11) is 0. The Balaban J connectivity index is 1.52. The lowest BCUT2D eigenvalue weighted by atomic mass is 9.90. The Morgan fingerprint density at radius 3 is 2.50 bits per heavy atom. The van der Waals surface area contributed by atoms with E-state index in [4.69, 9.17) is 4.98 Å². The first kappa shape index (κ1) is 22.2. The van der Waals surface area contributed by atoms with Gasteiger partial charge in [-0.15, -0.1) is 0 Å². The maximum Gasteiger partial charge on any atom is 0.256 e. The van der Waals surface area contributed by atoms with E-state index in [1.807, 2.05) is 56.9 Å². The van der Waals surface area contributed by atoms with Crippen LogP contribution < -0.4 is 5.56 Å². The molecule has 7 heteroatoms. The Labute approximate surface area is 188 Å². The van der Waals surface area contributed by atoms with Crippen LogP contribution in [0, 0.1) is 12.3 Å². The predicted octanol–water partition coefficient (Wildman–Crippen LogP) is 3.03. The first-order valence-corrected chi connectivity index (χ1v) is 11.4. The SMILES string of the molecule is Cc1ccc(C(=O)N2CCc3nc([C@H]4CCCN(C(=O)C(C)(C)C)C4)[nH]c(=O)c3C2)cc1. The van der Waals surface area contributed by atoms with Gasteiger partial charge in [0.05, 0.1) is 17.8 Å². The molecule has 1 atom stereocenters. The minimum atomic E-state index is -0.425. The molecule has 0 unspecified atom stereocenters. The number of carbonyl (C=O) groups excluding carboxylic acids is 2. The molecule has 1 aromatic heterocycles. The molecule has 2 aliphatic heterocycles. The number of nitrogens with zero attached hydrogens (tertiary/aromatic N) is 3. The summed E-state index contributed by atoms with van der Waals surface area (Å²) in [6.07, 6.45) is 2.35. The van der Waals surface area contributed by atoms with Crippen LogP contribution in [0.2, 0.25) is 0 Å². The summed E-state index contributed by atoms with van der Waals surface area (Å²) >= 11 is 0. The number of H-pyrrole nitrogens is 1. The lowest BCUT2D eigenvalue weighted by molar-refractivity contribution is -0.140. The highest BCUT2D eigenvalue weighted by molar-refractivity contribution is 5.94. The molecule has 1 saturated heterocycles. The van der Waals surface area contributed by atoms with Crippen LogP contribution >= 0.6 is 0 Å². The second-order valence-corrected chi connectivity index (χ2v) is 10.1. The smallest absolute Gasteiger partial charge is 0.256 e. The van der Waals surface area contributed by atoms with Gasteiger partial charge in [0.25, 0.3) is 11.5 Å². The summed E-state index contributed by atoms with van der Waals surface area (Å²) in [4.78, 5) is 49.9. The predicted molar refractivity (Wildman–Crippen MR) is 122 cm³/mol. The first-order valence-electron chi connectivity index (χ1n) is 11.4. The Bertz CT molecular complexity index is 1080. The van der Waals surface area contributed by atoms with E-state index in [-0.39, 0.29) is 29.8 Å². The van der Waals surface area contributed by atoms with Gasteiger partial charge in [0.1, 0.15) is 5.82 Å². The van der Waals surface area contributed by atoms with Crippen molar-refractivity contribution >= 4 is 11.8 Å². The molecule has 0 bridgehead atoms. The van der Waals surface area contributed by atoms with E-state index in [0.717, 1.165) is 30.6 Å². The Morgan fingerprint density at radius 1 is 1.09 bits per heavy atom. The second kappa shape index (κ2) is 8.52. The van der Waals surface area contributed by atoms with Crippen LogP contribution in [0.3, 0.4) is 0 Å². The van der Waals surface area contributed by atoms with Gasteiger partial charge in [0, 0.05) is 43.0 Å². The van der Waals surface area contributed by atoms with Gasteiger partial charge in [-0.1, -0.05) is 38.5 Å². The number of carbonyl (C=O) groups is 2. The van der Waals surface area contributed by atoms with Crippen LogP contribution in [0.15, 0.2) is 29.1 Å². The van der Waals surface area contributed by atoms with E-state index in [2.05, 4.69) is 4.98 Å². The summed E-state index contributed by atoms with van der Waals surface area (Å²) in [5.41, 5.74) is 2.47. The third-order valence-corrected chi connectivity index (χ3v) is 6.41. The number of fused-ring (bicyclic) bond motifs is 1. The zero-order valence-corrected chi connectivity index (χ0v) is 19.4. The van der Waals surface area contributed by atoms with Crippen molar-refractivity contribution in [3.8, 4) is 0 Å². The number of rotatable bonds is 2. The monoisotopic (exact) mass is 436 g/mol. The summed E-state index contributed by atoms with van der Waals surface area (Å²) in [6.45, 7) is 9.91. The molecular weight excluding hydrogens is 404 g/mol. The summed E-state index contributed by atoms with van der Waals surface area (Å²) < 4.78 is 0. The average molecular weight is 437 g/mol. The van der Waals surface area contributed by atoms with Gasteiger partial charge in [-0.05, 0) is 31.9 Å². The van der Waals surface area contributed by atoms with Crippen LogP contribution in [0.5, 0.6) is 0 Å². The number of piperidine rings is 1. The van der Waals surface area contributed by atoms with Crippen molar-refractivity contribution in [2.24, 2.45) is 5.41 Å². The topological polar surface area (TPSA) is 86.4 Å². The molecule has 2 aromatic rings. The molecule has 0 spiro atoms. The van der Waals surface area contributed by atoms with Crippen LogP contribution in [-0.4, -0.2) is 51.2 Å². The number of aryl methyl sites for hydroxylation is 1. The number of hydrogen-bond donors (Lipinski definition) is 1. The third kappa shape index (κ3) is 4.47. The molecule has 170 valence electrons. The molecule has 1 aromatic carbocycles. The number of benzene rings is 1. The number of hydrogen-bond acceptors (Lipinski definition) is 4. The van der Waals surface area contributed by atoms with Crippen LogP contribution in [0.1, 0.15) is 72.5 Å². The van der Waals surface area contributed by atoms with Gasteiger partial charge in [0.2, 0.25) is 5.91 Å². The van der Waals surface area contributed by atoms with Crippen molar-refractivity contribution in [3.05, 3.63) is 62.8 Å². The van der Waals surface area contributed by atoms with Gasteiger partial charge in [-0.2, -0.15) is 0 Å². The van der Waals surface area contributed by atoms with E-state index < -0.39 is 5.41 Å². The normalized spacial score (nSPS) is 18.9. The van der Waals surface area contributed by atoms with Crippen LogP contribution in [0.25, 0.3) is 0 Å². The van der Waals surface area contributed by atoms with Gasteiger partial charge >= 0.3 is 0 Å². The highest BCUT2D eigenvalue weighted by atomic mass is 16.2. The fraction of sp³-hybridized carbons (Fsp3) is 0.520. The van der Waals surface area contributed by atoms with Crippen molar-refractivity contribution in [2.45, 2.75) is 59.4 Å². The molecule has 2 aliphatic rings. The van der Waals surface area contributed by atoms with Gasteiger partial charge in [0.15, 0.2) is 0 Å². The van der Waals surface area contributed by atoms with Crippen LogP contribution in [0.4, 0.5) is 0 Å². The Morgan fingerprint density at radius 2 is 1.81 bits per heavy atom. The Kier molecular flexibility index (Phi) is 5.93. The largest absolute Gasteiger partial charge is 0.342 e. The molecule has 1 fully saturated rings. The highest BCUT2D eigenvalue weighted by Crippen LogP contribution is 2.28. The number of aromatic nitrogens is 2. The van der Waals surface area contributed by atoms with Crippen molar-refractivity contribution in [2.75, 3.05) is 19.6 Å². The van der Waals surface area contributed by atoms with Crippen molar-refractivity contribution < 1.29 is 9.59 Å². The standard InChI is InChI=1S/C25H32N4O3/c1-16-7-9-17(10-8-16)23(31)28-13-11-20-19(15-28)22(30)27-21(26-20)18-6-5-12-29(14-18)24(32)25(2,3)4/h7-10,18H,5-6,11-15H2,1-4H3,(H,26,27,30)/t18-/m0/s1. The molecular formula is C25H32N4O3. The maximum absolute atomic E-state index is 12.9. The lowest BCUT2D eigenvalue weighted by Crippen LogP contribution is -2.45. The summed E-state index contributed by atoms with van der Waals surface area (Å²) in [5.74, 6) is 0.759. The van der Waals surface area contributed by atoms with Crippen LogP contribution in [-0.2, 0) is 17.8 Å². The first-order chi connectivity index (χ1) is 15.1. The van der Waals surface area contributed by atoms with E-state index in [1.54, 1.807) is 4.90 Å². The zero-order chi connectivity index (χ0) is 23.0. The van der Waals surface area contributed by atoms with Gasteiger partial charge in [-0.25, -0.2) is 4.98 Å². The fourth-order valence-corrected chi connectivity index (χ4v) is 4.55. The molecule has 7 nitrogen and oxygen atoms in total. The Hall–Kier alpha value is -2.96. The summed E-state index contributed by atoms with van der Waals surface area (Å²) in [5, 5.41) is 0. The molecule has 0 aliphatic carbocycles. The molecule has 3 heterocycles. The number of likely N-dealkylation sites (tertiary alicyclic amines) is 1. The van der Waals surface area contributed by atoms with E-state index in [0.29, 0.717) is 36.5 Å². The van der Waals surface area contributed by atoms with Crippen molar-refractivity contribution in [1.82, 2.24) is 19.8 Å². The van der Waals surface area contributed by atoms with Crippen molar-refractivity contribution in [1.29, 1.82) is 0 Å². The fourth-order valence-electron chi connectivity index (χ4n) is 4.55. The lowest BCUT2D eigenvalue weighted by Gasteiger charge is -2.36. The molecule has 0 saturated carbocycles. The highest BCUT2D eigenvalue weighted by Gasteiger charge is 2.33.